The van der Waals surface area contributed by atoms with Gasteiger partial charge in [-0.3, -0.25) is 0 Å². The van der Waals surface area contributed by atoms with E-state index in [0.717, 1.165) is 16.6 Å². The van der Waals surface area contributed by atoms with Gasteiger partial charge in [0.05, 0.1) is 0 Å². The van der Waals surface area contributed by atoms with Gasteiger partial charge in [0.2, 0.25) is 0 Å². The van der Waals surface area contributed by atoms with Crippen LogP contribution in [0.4, 0.5) is 8.78 Å². The van der Waals surface area contributed by atoms with Gasteiger partial charge in [-0.2, -0.15) is 0 Å². The van der Waals surface area contributed by atoms with Crippen LogP contribution in [0.3, 0.4) is 0 Å². The average Bonchev–Trinajstić information content (AvgIpc) is 2.47. The summed E-state index contributed by atoms with van der Waals surface area (Å²) in [4.78, 5) is 0. The Kier molecular flexibility index (Phi) is 5.88. The van der Waals surface area contributed by atoms with E-state index in [1.807, 2.05) is 31.2 Å². The van der Waals surface area contributed by atoms with E-state index in [4.69, 9.17) is 0 Å². The molecule has 0 aliphatic carbocycles. The summed E-state index contributed by atoms with van der Waals surface area (Å²) in [5.41, 5.74) is 1.21. The molecule has 1 atom stereocenters. The van der Waals surface area contributed by atoms with E-state index in [1.54, 1.807) is 0 Å². The van der Waals surface area contributed by atoms with Gasteiger partial charge in [0.25, 0.3) is 0 Å². The first-order valence-corrected chi connectivity index (χ1v) is 7.80. The second kappa shape index (κ2) is 7.66. The summed E-state index contributed by atoms with van der Waals surface area (Å²) in [7, 11) is 0. The molecule has 0 aliphatic heterocycles. The summed E-state index contributed by atoms with van der Waals surface area (Å²) in [6.07, 6.45) is 0.327. The fourth-order valence-corrected chi connectivity index (χ4v) is 3.00. The van der Waals surface area contributed by atoms with Crippen LogP contribution in [0.5, 0.6) is 0 Å². The fourth-order valence-electron chi connectivity index (χ4n) is 2.39. The number of rotatable bonds is 6. The van der Waals surface area contributed by atoms with Gasteiger partial charge in [-0.1, -0.05) is 47.1 Å². The highest BCUT2D eigenvalue weighted by Crippen LogP contribution is 2.29. The first kappa shape index (κ1) is 16.1. The number of hydrogen-bond acceptors (Lipinski definition) is 1. The Morgan fingerprint density at radius 2 is 1.71 bits per heavy atom. The Balaban J connectivity index is 2.31. The standard InChI is InChI=1S/C17H18BrF2N/c1-2-21-11-12(13-6-3-4-7-15(13)18)10-14-16(19)8-5-9-17(14)20/h3-9,12,21H,2,10-11H2,1H3. The predicted molar refractivity (Wildman–Crippen MR) is 85.5 cm³/mol. The third-order valence-electron chi connectivity index (χ3n) is 3.50. The van der Waals surface area contributed by atoms with Gasteiger partial charge < -0.3 is 5.32 Å². The lowest BCUT2D eigenvalue weighted by atomic mass is 9.91. The van der Waals surface area contributed by atoms with Gasteiger partial charge in [0, 0.05) is 22.5 Å². The van der Waals surface area contributed by atoms with Crippen molar-refractivity contribution in [2.75, 3.05) is 13.1 Å². The number of halogens is 3. The minimum atomic E-state index is -0.483. The van der Waals surface area contributed by atoms with E-state index in [-0.39, 0.29) is 11.5 Å². The Labute approximate surface area is 132 Å². The second-order valence-corrected chi connectivity index (χ2v) is 5.78. The molecule has 0 amide bonds. The van der Waals surface area contributed by atoms with Crippen LogP contribution < -0.4 is 5.32 Å². The van der Waals surface area contributed by atoms with E-state index in [2.05, 4.69) is 21.2 Å². The summed E-state index contributed by atoms with van der Waals surface area (Å²) in [6, 6.07) is 11.8. The van der Waals surface area contributed by atoms with Crippen molar-refractivity contribution < 1.29 is 8.78 Å². The molecule has 112 valence electrons. The summed E-state index contributed by atoms with van der Waals surface area (Å²) >= 11 is 3.52. The van der Waals surface area contributed by atoms with Crippen molar-refractivity contribution in [1.29, 1.82) is 0 Å². The van der Waals surface area contributed by atoms with Crippen molar-refractivity contribution in [1.82, 2.24) is 5.32 Å². The van der Waals surface area contributed by atoms with E-state index in [0.29, 0.717) is 13.0 Å². The zero-order valence-electron chi connectivity index (χ0n) is 11.9. The molecule has 0 heterocycles. The minimum Gasteiger partial charge on any atom is -0.316 e. The van der Waals surface area contributed by atoms with E-state index >= 15 is 0 Å². The molecule has 2 aromatic rings. The number of nitrogens with one attached hydrogen (secondary N) is 1. The third-order valence-corrected chi connectivity index (χ3v) is 4.22. The van der Waals surface area contributed by atoms with Crippen molar-refractivity contribution in [3.05, 3.63) is 69.7 Å². The molecule has 0 fully saturated rings. The maximum atomic E-state index is 13.9. The fraction of sp³-hybridized carbons (Fsp3) is 0.294. The Morgan fingerprint density at radius 1 is 1.05 bits per heavy atom. The smallest absolute Gasteiger partial charge is 0.129 e. The van der Waals surface area contributed by atoms with Crippen LogP contribution in [0.1, 0.15) is 24.0 Å². The number of benzene rings is 2. The van der Waals surface area contributed by atoms with Crippen LogP contribution >= 0.6 is 15.9 Å². The van der Waals surface area contributed by atoms with Crippen molar-refractivity contribution in [3.8, 4) is 0 Å². The molecule has 0 spiro atoms. The normalized spacial score (nSPS) is 12.4. The second-order valence-electron chi connectivity index (χ2n) is 4.93. The summed E-state index contributed by atoms with van der Waals surface area (Å²) < 4.78 is 28.7. The molecule has 1 N–H and O–H groups in total. The highest BCUT2D eigenvalue weighted by molar-refractivity contribution is 9.10. The van der Waals surface area contributed by atoms with Crippen LogP contribution in [-0.2, 0) is 6.42 Å². The SMILES string of the molecule is CCNCC(Cc1c(F)cccc1F)c1ccccc1Br. The molecule has 21 heavy (non-hydrogen) atoms. The summed E-state index contributed by atoms with van der Waals surface area (Å²) in [6.45, 7) is 3.51. The van der Waals surface area contributed by atoms with Crippen LogP contribution in [0, 0.1) is 11.6 Å². The molecule has 0 saturated heterocycles. The van der Waals surface area contributed by atoms with Gasteiger partial charge in [-0.05, 0) is 36.7 Å². The summed E-state index contributed by atoms with van der Waals surface area (Å²) in [5.74, 6) is -0.959. The van der Waals surface area contributed by atoms with Gasteiger partial charge in [0.15, 0.2) is 0 Å². The van der Waals surface area contributed by atoms with E-state index in [1.165, 1.54) is 18.2 Å². The zero-order valence-corrected chi connectivity index (χ0v) is 13.5. The molecule has 0 aliphatic rings. The highest BCUT2D eigenvalue weighted by Gasteiger charge is 2.19. The highest BCUT2D eigenvalue weighted by atomic mass is 79.9. The predicted octanol–water partition coefficient (Wildman–Crippen LogP) is 4.66. The van der Waals surface area contributed by atoms with Crippen molar-refractivity contribution in [2.45, 2.75) is 19.3 Å². The molecule has 0 saturated carbocycles. The quantitative estimate of drug-likeness (QED) is 0.795. The van der Waals surface area contributed by atoms with Gasteiger partial charge in [0.1, 0.15) is 11.6 Å². The molecule has 4 heteroatoms. The molecular weight excluding hydrogens is 336 g/mol. The van der Waals surface area contributed by atoms with Gasteiger partial charge >= 0.3 is 0 Å². The number of hydrogen-bond donors (Lipinski definition) is 1. The monoisotopic (exact) mass is 353 g/mol. The molecule has 2 aromatic carbocycles. The van der Waals surface area contributed by atoms with Crippen LogP contribution in [0.25, 0.3) is 0 Å². The van der Waals surface area contributed by atoms with Crippen molar-refractivity contribution in [2.24, 2.45) is 0 Å². The third kappa shape index (κ3) is 4.11. The van der Waals surface area contributed by atoms with Crippen LogP contribution in [-0.4, -0.2) is 13.1 Å². The topological polar surface area (TPSA) is 12.0 Å². The van der Waals surface area contributed by atoms with Crippen molar-refractivity contribution in [3.63, 3.8) is 0 Å². The van der Waals surface area contributed by atoms with Gasteiger partial charge in [-0.25, -0.2) is 8.78 Å². The molecule has 0 radical (unpaired) electrons. The minimum absolute atomic E-state index is 0.00641. The van der Waals surface area contributed by atoms with E-state index in [9.17, 15) is 8.78 Å². The Bertz CT molecular complexity index is 581. The molecule has 1 nitrogen and oxygen atoms in total. The largest absolute Gasteiger partial charge is 0.316 e. The average molecular weight is 354 g/mol. The summed E-state index contributed by atoms with van der Waals surface area (Å²) in [5, 5.41) is 3.27. The molecule has 0 bridgehead atoms. The van der Waals surface area contributed by atoms with Crippen molar-refractivity contribution >= 4 is 15.9 Å². The molecule has 0 aromatic heterocycles. The molecule has 2 rings (SSSR count). The zero-order chi connectivity index (χ0) is 15.2. The first-order chi connectivity index (χ1) is 10.1. The molecular formula is C17H18BrF2N. The number of likely N-dealkylation sites (N-methyl/N-ethyl adjacent to an activating group) is 1. The van der Waals surface area contributed by atoms with E-state index < -0.39 is 11.6 Å². The van der Waals surface area contributed by atoms with Crippen LogP contribution in [0.2, 0.25) is 0 Å². The van der Waals surface area contributed by atoms with Gasteiger partial charge in [-0.15, -0.1) is 0 Å². The lowest BCUT2D eigenvalue weighted by Gasteiger charge is -2.20. The lowest BCUT2D eigenvalue weighted by molar-refractivity contribution is 0.522. The first-order valence-electron chi connectivity index (χ1n) is 7.01. The lowest BCUT2D eigenvalue weighted by Crippen LogP contribution is -2.23. The molecule has 1 unspecified atom stereocenters. The Hall–Kier alpha value is -1.26. The maximum absolute atomic E-state index is 13.9. The maximum Gasteiger partial charge on any atom is 0.129 e. The van der Waals surface area contributed by atoms with Crippen LogP contribution in [0.15, 0.2) is 46.9 Å². The Morgan fingerprint density at radius 3 is 2.33 bits per heavy atom.